The van der Waals surface area contributed by atoms with Crippen LogP contribution in [0.2, 0.25) is 0 Å². The van der Waals surface area contributed by atoms with Crippen molar-refractivity contribution >= 4 is 11.7 Å². The first-order chi connectivity index (χ1) is 13.1. The zero-order valence-electron chi connectivity index (χ0n) is 15.4. The van der Waals surface area contributed by atoms with E-state index in [4.69, 9.17) is 0 Å². The molecule has 148 valence electrons. The number of benzene rings is 1. The van der Waals surface area contributed by atoms with E-state index in [9.17, 15) is 15.1 Å². The van der Waals surface area contributed by atoms with Crippen molar-refractivity contribution in [2.75, 3.05) is 45.9 Å². The molecule has 9 heteroatoms. The Labute approximate surface area is 159 Å². The fraction of sp³-hybridized carbons (Fsp3) is 0.611. The van der Waals surface area contributed by atoms with E-state index in [2.05, 4.69) is 20.9 Å². The number of para-hydroxylation sites is 1. The molecule has 0 amide bonds. The molecule has 4 rings (SSSR count). The molecule has 9 nitrogen and oxygen atoms in total. The van der Waals surface area contributed by atoms with Crippen molar-refractivity contribution in [1.29, 1.82) is 0 Å². The van der Waals surface area contributed by atoms with E-state index in [0.717, 1.165) is 31.7 Å². The molecular formula is C18H28N6O3. The second-order valence-electron chi connectivity index (χ2n) is 7.50. The van der Waals surface area contributed by atoms with Gasteiger partial charge in [0.1, 0.15) is 0 Å². The molecule has 1 aromatic rings. The lowest BCUT2D eigenvalue weighted by molar-refractivity contribution is -0.142. The van der Waals surface area contributed by atoms with Crippen LogP contribution in [0.15, 0.2) is 24.3 Å². The molecule has 0 aromatic heterocycles. The fourth-order valence-corrected chi connectivity index (χ4v) is 4.44. The van der Waals surface area contributed by atoms with Crippen LogP contribution in [0.5, 0.6) is 0 Å². The van der Waals surface area contributed by atoms with E-state index in [1.54, 1.807) is 0 Å². The molecule has 0 saturated carbocycles. The summed E-state index contributed by atoms with van der Waals surface area (Å²) >= 11 is 0. The third-order valence-electron chi connectivity index (χ3n) is 5.80. The molecule has 3 heterocycles. The van der Waals surface area contributed by atoms with Gasteiger partial charge in [0.25, 0.3) is 0 Å². The highest BCUT2D eigenvalue weighted by molar-refractivity contribution is 5.67. The minimum atomic E-state index is -0.878. The molecule has 2 fully saturated rings. The standard InChI is InChI=1S/C18H28N6O3/c25-18(26)9-15-11-21-17(22-7-5-19-6-8-22)12-23(15)24(27)13-20-10-14-3-1-2-4-16(14)24/h1-4,15,17,19-21H,5-13H2,(H,25,26). The largest absolute Gasteiger partial charge is 0.605 e. The lowest BCUT2D eigenvalue weighted by Crippen LogP contribution is -2.74. The van der Waals surface area contributed by atoms with E-state index >= 15 is 0 Å². The van der Waals surface area contributed by atoms with Gasteiger partial charge in [-0.2, -0.15) is 0 Å². The molecule has 1 aromatic carbocycles. The zero-order chi connectivity index (χ0) is 18.9. The van der Waals surface area contributed by atoms with E-state index in [-0.39, 0.29) is 25.3 Å². The number of carboxylic acids is 1. The molecule has 0 aliphatic carbocycles. The summed E-state index contributed by atoms with van der Waals surface area (Å²) in [5.41, 5.74) is 1.69. The van der Waals surface area contributed by atoms with Crippen molar-refractivity contribution in [3.8, 4) is 0 Å². The van der Waals surface area contributed by atoms with Crippen molar-refractivity contribution in [2.45, 2.75) is 25.2 Å². The van der Waals surface area contributed by atoms with Crippen LogP contribution in [0.3, 0.4) is 0 Å². The van der Waals surface area contributed by atoms with Crippen LogP contribution >= 0.6 is 0 Å². The van der Waals surface area contributed by atoms with Gasteiger partial charge in [0.2, 0.25) is 0 Å². The number of nitrogens with one attached hydrogen (secondary N) is 3. The molecule has 2 saturated heterocycles. The molecule has 0 radical (unpaired) electrons. The SMILES string of the molecule is O=C(O)CC1CNC(N2CCNCC2)CN1[N+]1([O-])CNCc2ccccc21. The highest BCUT2D eigenvalue weighted by Crippen LogP contribution is 2.34. The molecule has 3 aliphatic heterocycles. The number of carbonyl (C=O) groups is 1. The number of nitrogens with zero attached hydrogens (tertiary/aromatic N) is 3. The van der Waals surface area contributed by atoms with Crippen molar-refractivity contribution in [1.82, 2.24) is 30.6 Å². The quantitative estimate of drug-likeness (QED) is 0.410. The lowest BCUT2D eigenvalue weighted by atomic mass is 10.1. The molecule has 3 unspecified atom stereocenters. The van der Waals surface area contributed by atoms with Crippen LogP contribution in [-0.4, -0.2) is 79.1 Å². The first-order valence-electron chi connectivity index (χ1n) is 9.63. The Morgan fingerprint density at radius 3 is 2.81 bits per heavy atom. The predicted octanol–water partition coefficient (Wildman–Crippen LogP) is -0.553. The number of hydroxylamine groups is 1. The van der Waals surface area contributed by atoms with Gasteiger partial charge in [0.15, 0.2) is 12.4 Å². The maximum atomic E-state index is 14.1. The Kier molecular flexibility index (Phi) is 5.42. The molecule has 3 aliphatic rings. The van der Waals surface area contributed by atoms with Crippen molar-refractivity contribution < 1.29 is 9.90 Å². The van der Waals surface area contributed by atoms with E-state index in [1.165, 1.54) is 0 Å². The summed E-state index contributed by atoms with van der Waals surface area (Å²) < 4.78 is -0.640. The van der Waals surface area contributed by atoms with Gasteiger partial charge in [-0.1, -0.05) is 18.2 Å². The highest BCUT2D eigenvalue weighted by Gasteiger charge is 2.44. The number of fused-ring (bicyclic) bond motifs is 1. The second-order valence-corrected chi connectivity index (χ2v) is 7.50. The van der Waals surface area contributed by atoms with Gasteiger partial charge in [0, 0.05) is 50.9 Å². The van der Waals surface area contributed by atoms with E-state index in [0.29, 0.717) is 25.3 Å². The van der Waals surface area contributed by atoms with E-state index in [1.807, 2.05) is 29.3 Å². The van der Waals surface area contributed by atoms with Crippen molar-refractivity contribution in [3.63, 3.8) is 0 Å². The summed E-state index contributed by atoms with van der Waals surface area (Å²) in [6.07, 6.45) is 0.00118. The smallest absolute Gasteiger partial charge is 0.305 e. The van der Waals surface area contributed by atoms with Crippen molar-refractivity contribution in [3.05, 3.63) is 35.0 Å². The van der Waals surface area contributed by atoms with Crippen molar-refractivity contribution in [2.24, 2.45) is 0 Å². The number of hydrogen-bond acceptors (Lipinski definition) is 7. The fourth-order valence-electron chi connectivity index (χ4n) is 4.44. The first kappa shape index (κ1) is 18.8. The van der Waals surface area contributed by atoms with Gasteiger partial charge in [-0.25, -0.2) is 4.76 Å². The topological polar surface area (TPSA) is 103 Å². The van der Waals surface area contributed by atoms with Crippen LogP contribution in [0.25, 0.3) is 0 Å². The van der Waals surface area contributed by atoms with Crippen LogP contribution in [0.4, 0.5) is 5.69 Å². The minimum Gasteiger partial charge on any atom is -0.605 e. The first-order valence-corrected chi connectivity index (χ1v) is 9.63. The van der Waals surface area contributed by atoms with Crippen LogP contribution in [0.1, 0.15) is 12.0 Å². The van der Waals surface area contributed by atoms with Gasteiger partial charge >= 0.3 is 5.97 Å². The maximum absolute atomic E-state index is 14.1. The Morgan fingerprint density at radius 2 is 2.04 bits per heavy atom. The van der Waals surface area contributed by atoms with Crippen LogP contribution < -0.4 is 20.7 Å². The predicted molar refractivity (Wildman–Crippen MR) is 102 cm³/mol. The Hall–Kier alpha value is -1.59. The van der Waals surface area contributed by atoms with Gasteiger partial charge in [-0.3, -0.25) is 20.3 Å². The van der Waals surface area contributed by atoms with Crippen LogP contribution in [0, 0.1) is 5.21 Å². The number of hydrogen-bond donors (Lipinski definition) is 4. The number of aliphatic carboxylic acids is 1. The van der Waals surface area contributed by atoms with Gasteiger partial charge in [0.05, 0.1) is 25.2 Å². The second kappa shape index (κ2) is 7.80. The average Bonchev–Trinajstić information content (AvgIpc) is 2.69. The molecule has 0 bridgehead atoms. The monoisotopic (exact) mass is 376 g/mol. The summed E-state index contributed by atoms with van der Waals surface area (Å²) in [5, 5.41) is 35.3. The molecule has 0 spiro atoms. The minimum absolute atomic E-state index is 0.0499. The third-order valence-corrected chi connectivity index (χ3v) is 5.80. The number of carboxylic acid groups (broad SMARTS) is 1. The normalized spacial score (nSPS) is 32.8. The summed E-state index contributed by atoms with van der Waals surface area (Å²) in [6.45, 7) is 5.57. The maximum Gasteiger partial charge on any atom is 0.305 e. The Balaban J connectivity index is 1.63. The molecule has 4 N–H and O–H groups in total. The summed E-state index contributed by atoms with van der Waals surface area (Å²) in [6, 6.07) is 7.31. The Bertz CT molecular complexity index is 683. The number of piperazine rings is 2. The average molecular weight is 376 g/mol. The van der Waals surface area contributed by atoms with Gasteiger partial charge in [-0.15, -0.1) is 5.01 Å². The third kappa shape index (κ3) is 3.72. The zero-order valence-corrected chi connectivity index (χ0v) is 15.4. The molecule has 27 heavy (non-hydrogen) atoms. The molecular weight excluding hydrogens is 348 g/mol. The van der Waals surface area contributed by atoms with Gasteiger partial charge in [-0.05, 0) is 0 Å². The number of rotatable bonds is 4. The summed E-state index contributed by atoms with van der Waals surface area (Å²) in [5.74, 6) is -0.878. The lowest BCUT2D eigenvalue weighted by Gasteiger charge is -2.56. The summed E-state index contributed by atoms with van der Waals surface area (Å²) in [7, 11) is 0. The molecule has 3 atom stereocenters. The van der Waals surface area contributed by atoms with Gasteiger partial charge < -0.3 is 15.6 Å². The van der Waals surface area contributed by atoms with Crippen LogP contribution in [-0.2, 0) is 11.3 Å². The van der Waals surface area contributed by atoms with E-state index < -0.39 is 10.7 Å². The Morgan fingerprint density at radius 1 is 1.26 bits per heavy atom. The number of quaternary nitrogens is 1. The highest BCUT2D eigenvalue weighted by atomic mass is 16.6. The summed E-state index contributed by atoms with van der Waals surface area (Å²) in [4.78, 5) is 13.8.